The molecule has 3 heterocycles. The van der Waals surface area contributed by atoms with Gasteiger partial charge in [-0.05, 0) is 36.3 Å². The molecule has 0 bridgehead atoms. The number of ether oxygens (including phenoxy) is 1. The van der Waals surface area contributed by atoms with Gasteiger partial charge in [-0.2, -0.15) is 21.4 Å². The Hall–Kier alpha value is -2.48. The maximum atomic E-state index is 12.3. The van der Waals surface area contributed by atoms with Crippen molar-refractivity contribution < 1.29 is 14.1 Å². The van der Waals surface area contributed by atoms with Crippen LogP contribution in [0.1, 0.15) is 35.9 Å². The second-order valence-corrected chi connectivity index (χ2v) is 6.17. The number of hydrogen-bond donors (Lipinski definition) is 1. The van der Waals surface area contributed by atoms with Crippen LogP contribution in [0.3, 0.4) is 0 Å². The van der Waals surface area contributed by atoms with E-state index in [0.29, 0.717) is 11.7 Å². The summed E-state index contributed by atoms with van der Waals surface area (Å²) in [6.07, 6.45) is 4.44. The van der Waals surface area contributed by atoms with E-state index in [1.54, 1.807) is 17.5 Å². The van der Waals surface area contributed by atoms with Crippen LogP contribution in [-0.2, 0) is 22.6 Å². The highest BCUT2D eigenvalue weighted by Crippen LogP contribution is 2.31. The predicted octanol–water partition coefficient (Wildman–Crippen LogP) is 2.68. The van der Waals surface area contributed by atoms with Gasteiger partial charge in [0.25, 0.3) is 5.89 Å². The fraction of sp³-hybridized carbons (Fsp3) is 0.333. The number of esters is 1. The van der Waals surface area contributed by atoms with Gasteiger partial charge >= 0.3 is 5.97 Å². The van der Waals surface area contributed by atoms with Gasteiger partial charge in [-0.15, -0.1) is 0 Å². The fourth-order valence-corrected chi connectivity index (χ4v) is 3.39. The minimum Gasteiger partial charge on any atom is -0.455 e. The Balaban J connectivity index is 1.41. The molecule has 1 aliphatic rings. The number of aromatic nitrogens is 4. The largest absolute Gasteiger partial charge is 0.455 e. The van der Waals surface area contributed by atoms with Crippen LogP contribution in [0.2, 0.25) is 0 Å². The predicted molar refractivity (Wildman–Crippen MR) is 81.7 cm³/mol. The molecule has 3 aromatic heterocycles. The molecule has 1 atom stereocenters. The van der Waals surface area contributed by atoms with Crippen LogP contribution in [0, 0.1) is 0 Å². The lowest BCUT2D eigenvalue weighted by molar-refractivity contribution is -0.148. The molecule has 0 spiro atoms. The second-order valence-electron chi connectivity index (χ2n) is 5.39. The van der Waals surface area contributed by atoms with Crippen LogP contribution in [0.4, 0.5) is 0 Å². The Morgan fingerprint density at radius 1 is 1.52 bits per heavy atom. The molecule has 0 aliphatic heterocycles. The van der Waals surface area contributed by atoms with Crippen molar-refractivity contribution in [3.63, 3.8) is 0 Å². The summed E-state index contributed by atoms with van der Waals surface area (Å²) in [7, 11) is 0. The minimum absolute atomic E-state index is 0.0179. The molecule has 8 heteroatoms. The summed E-state index contributed by atoms with van der Waals surface area (Å²) < 4.78 is 10.5. The van der Waals surface area contributed by atoms with E-state index >= 15 is 0 Å². The first-order chi connectivity index (χ1) is 11.3. The van der Waals surface area contributed by atoms with E-state index in [4.69, 9.17) is 9.26 Å². The van der Waals surface area contributed by atoms with Gasteiger partial charge < -0.3 is 9.26 Å². The van der Waals surface area contributed by atoms with Crippen LogP contribution in [0.15, 0.2) is 27.5 Å². The zero-order valence-corrected chi connectivity index (χ0v) is 13.0. The maximum Gasteiger partial charge on any atom is 0.315 e. The summed E-state index contributed by atoms with van der Waals surface area (Å²) in [5, 5.41) is 14.7. The molecular weight excluding hydrogens is 316 g/mol. The molecule has 1 N–H and O–H groups in total. The third-order valence-electron chi connectivity index (χ3n) is 3.91. The monoisotopic (exact) mass is 330 g/mol. The zero-order valence-electron chi connectivity index (χ0n) is 12.2. The van der Waals surface area contributed by atoms with E-state index in [9.17, 15) is 4.79 Å². The van der Waals surface area contributed by atoms with Gasteiger partial charge in [-0.25, -0.2) is 0 Å². The lowest BCUT2D eigenvalue weighted by atomic mass is 9.88. The number of carbonyl (C=O) groups is 1. The van der Waals surface area contributed by atoms with Gasteiger partial charge in [0.15, 0.2) is 6.61 Å². The smallest absolute Gasteiger partial charge is 0.315 e. The Morgan fingerprint density at radius 2 is 2.48 bits per heavy atom. The van der Waals surface area contributed by atoms with Crippen molar-refractivity contribution in [1.29, 1.82) is 0 Å². The number of rotatable bonds is 4. The van der Waals surface area contributed by atoms with Crippen molar-refractivity contribution in [1.82, 2.24) is 20.3 Å². The van der Waals surface area contributed by atoms with Crippen molar-refractivity contribution in [2.75, 3.05) is 0 Å². The number of aryl methyl sites for hydroxylation is 1. The zero-order chi connectivity index (χ0) is 15.6. The molecule has 4 rings (SSSR count). The van der Waals surface area contributed by atoms with Crippen LogP contribution >= 0.6 is 11.3 Å². The number of thiophene rings is 1. The molecule has 1 aliphatic carbocycles. The first-order valence-electron chi connectivity index (χ1n) is 7.35. The number of carbonyl (C=O) groups excluding carboxylic acids is 1. The maximum absolute atomic E-state index is 12.3. The van der Waals surface area contributed by atoms with Gasteiger partial charge in [0, 0.05) is 10.9 Å². The number of nitrogens with zero attached hydrogens (tertiary/aromatic N) is 3. The molecule has 118 valence electrons. The average molecular weight is 330 g/mol. The second kappa shape index (κ2) is 5.96. The lowest BCUT2D eigenvalue weighted by Crippen LogP contribution is -2.20. The number of aromatic amines is 1. The Labute approximate surface area is 135 Å². The highest BCUT2D eigenvalue weighted by atomic mass is 32.1. The van der Waals surface area contributed by atoms with E-state index in [-0.39, 0.29) is 18.5 Å². The molecule has 0 radical (unpaired) electrons. The van der Waals surface area contributed by atoms with Crippen molar-refractivity contribution in [3.8, 4) is 11.4 Å². The summed E-state index contributed by atoms with van der Waals surface area (Å²) in [6.45, 7) is -0.0179. The van der Waals surface area contributed by atoms with Gasteiger partial charge in [-0.1, -0.05) is 5.16 Å². The van der Waals surface area contributed by atoms with Crippen LogP contribution in [-0.4, -0.2) is 26.3 Å². The molecule has 1 unspecified atom stereocenters. The minimum atomic E-state index is -0.291. The normalized spacial score (nSPS) is 17.0. The Kier molecular flexibility index (Phi) is 3.66. The first-order valence-corrected chi connectivity index (χ1v) is 8.29. The molecule has 0 aromatic carbocycles. The average Bonchev–Trinajstić information content (AvgIpc) is 3.32. The van der Waals surface area contributed by atoms with Crippen molar-refractivity contribution in [2.45, 2.75) is 31.8 Å². The van der Waals surface area contributed by atoms with E-state index < -0.39 is 0 Å². The Morgan fingerprint density at radius 3 is 3.35 bits per heavy atom. The molecule has 0 saturated carbocycles. The number of hydrogen-bond acceptors (Lipinski definition) is 7. The molecule has 0 fully saturated rings. The summed E-state index contributed by atoms with van der Waals surface area (Å²) in [4.78, 5) is 16.5. The lowest BCUT2D eigenvalue weighted by Gasteiger charge is -2.19. The third kappa shape index (κ3) is 2.77. The molecule has 23 heavy (non-hydrogen) atoms. The number of H-pyrrole nitrogens is 1. The van der Waals surface area contributed by atoms with E-state index in [1.165, 1.54) is 0 Å². The topological polar surface area (TPSA) is 93.9 Å². The molecule has 0 amide bonds. The van der Waals surface area contributed by atoms with Crippen molar-refractivity contribution in [3.05, 3.63) is 40.2 Å². The quantitative estimate of drug-likeness (QED) is 0.739. The third-order valence-corrected chi connectivity index (χ3v) is 4.59. The molecular formula is C15H14N4O3S. The first kappa shape index (κ1) is 14.1. The van der Waals surface area contributed by atoms with E-state index in [0.717, 1.165) is 36.1 Å². The van der Waals surface area contributed by atoms with E-state index in [1.807, 2.05) is 16.8 Å². The SMILES string of the molecule is O=C(OCc1nc(-c2ccsc2)no1)C1CCCc2cn[nH]c21. The summed E-state index contributed by atoms with van der Waals surface area (Å²) >= 11 is 1.56. The van der Waals surface area contributed by atoms with Gasteiger partial charge in [0.05, 0.1) is 17.8 Å². The van der Waals surface area contributed by atoms with Gasteiger partial charge in [0.2, 0.25) is 5.82 Å². The molecule has 7 nitrogen and oxygen atoms in total. The fourth-order valence-electron chi connectivity index (χ4n) is 2.75. The molecule has 0 saturated heterocycles. The summed E-state index contributed by atoms with van der Waals surface area (Å²) in [5.41, 5.74) is 2.85. The highest BCUT2D eigenvalue weighted by molar-refractivity contribution is 7.08. The Bertz CT molecular complexity index is 808. The summed E-state index contributed by atoms with van der Waals surface area (Å²) in [5.74, 6) is 0.219. The number of fused-ring (bicyclic) bond motifs is 1. The van der Waals surface area contributed by atoms with Crippen LogP contribution in [0.25, 0.3) is 11.4 Å². The van der Waals surface area contributed by atoms with Crippen molar-refractivity contribution >= 4 is 17.3 Å². The van der Waals surface area contributed by atoms with Crippen LogP contribution in [0.5, 0.6) is 0 Å². The van der Waals surface area contributed by atoms with Gasteiger partial charge in [0.1, 0.15) is 0 Å². The standard InChI is InChI=1S/C15H14N4O3S/c20-15(11-3-1-2-9-6-16-18-13(9)11)21-7-12-17-14(19-22-12)10-4-5-23-8-10/h4-6,8,11H,1-3,7H2,(H,16,18). The summed E-state index contributed by atoms with van der Waals surface area (Å²) in [6, 6.07) is 1.91. The van der Waals surface area contributed by atoms with E-state index in [2.05, 4.69) is 20.3 Å². The van der Waals surface area contributed by atoms with Crippen LogP contribution < -0.4 is 0 Å². The highest BCUT2D eigenvalue weighted by Gasteiger charge is 2.29. The van der Waals surface area contributed by atoms with Crippen molar-refractivity contribution in [2.24, 2.45) is 0 Å². The molecule has 3 aromatic rings. The number of nitrogens with one attached hydrogen (secondary N) is 1. The van der Waals surface area contributed by atoms with Gasteiger partial charge in [-0.3, -0.25) is 9.89 Å².